The van der Waals surface area contributed by atoms with E-state index in [4.69, 9.17) is 11.6 Å². The summed E-state index contributed by atoms with van der Waals surface area (Å²) in [5.41, 5.74) is 1.70. The van der Waals surface area contributed by atoms with Crippen LogP contribution >= 0.6 is 11.6 Å². The van der Waals surface area contributed by atoms with Crippen molar-refractivity contribution in [3.63, 3.8) is 0 Å². The van der Waals surface area contributed by atoms with Crippen molar-refractivity contribution in [1.29, 1.82) is 0 Å². The number of rotatable bonds is 3. The molecule has 0 saturated heterocycles. The molecule has 5 heteroatoms. The van der Waals surface area contributed by atoms with Crippen LogP contribution in [0.1, 0.15) is 31.1 Å². The van der Waals surface area contributed by atoms with E-state index in [2.05, 4.69) is 15.6 Å². The molecule has 0 saturated carbocycles. The fourth-order valence-electron chi connectivity index (χ4n) is 1.76. The minimum absolute atomic E-state index is 0.155. The van der Waals surface area contributed by atoms with Gasteiger partial charge in [0.1, 0.15) is 0 Å². The monoisotopic (exact) mass is 303 g/mol. The Kier molecular flexibility index (Phi) is 4.48. The van der Waals surface area contributed by atoms with Crippen molar-refractivity contribution in [2.24, 2.45) is 0 Å². The predicted octanol–water partition coefficient (Wildman–Crippen LogP) is 4.01. The molecule has 110 valence electrons. The first-order chi connectivity index (χ1) is 9.85. The largest absolute Gasteiger partial charge is 0.353 e. The third-order valence-corrected chi connectivity index (χ3v) is 2.97. The van der Waals surface area contributed by atoms with Crippen LogP contribution in [0.5, 0.6) is 0 Å². The van der Waals surface area contributed by atoms with Crippen LogP contribution in [0.3, 0.4) is 0 Å². The summed E-state index contributed by atoms with van der Waals surface area (Å²) >= 11 is 6.10. The zero-order valence-electron chi connectivity index (χ0n) is 12.3. The molecule has 0 bridgehead atoms. The van der Waals surface area contributed by atoms with Crippen LogP contribution in [0.4, 0.5) is 11.4 Å². The maximum atomic E-state index is 12.1. The fourth-order valence-corrected chi connectivity index (χ4v) is 1.95. The molecule has 1 heterocycles. The molecule has 0 atom stereocenters. The predicted molar refractivity (Wildman–Crippen MR) is 86.2 cm³/mol. The number of para-hydroxylation sites is 1. The molecule has 0 radical (unpaired) electrons. The Balaban J connectivity index is 2.18. The summed E-state index contributed by atoms with van der Waals surface area (Å²) in [5.74, 6) is -0.155. The third kappa shape index (κ3) is 4.46. The van der Waals surface area contributed by atoms with E-state index < -0.39 is 0 Å². The summed E-state index contributed by atoms with van der Waals surface area (Å²) in [7, 11) is 0. The molecule has 0 spiro atoms. The summed E-state index contributed by atoms with van der Waals surface area (Å²) in [6.45, 7) is 5.80. The van der Waals surface area contributed by atoms with E-state index in [0.717, 1.165) is 5.69 Å². The lowest BCUT2D eigenvalue weighted by Crippen LogP contribution is -2.40. The second-order valence-corrected chi connectivity index (χ2v) is 6.18. The van der Waals surface area contributed by atoms with Gasteiger partial charge in [-0.05, 0) is 39.0 Å². The molecule has 0 aliphatic rings. The average molecular weight is 304 g/mol. The second-order valence-electron chi connectivity index (χ2n) is 5.77. The van der Waals surface area contributed by atoms with Crippen LogP contribution in [0.2, 0.25) is 5.02 Å². The number of carbonyl (C=O) groups excluding carboxylic acids is 1. The molecular formula is C16H18ClN3O. The topological polar surface area (TPSA) is 54.0 Å². The molecule has 2 N–H and O–H groups in total. The minimum atomic E-state index is -0.288. The number of anilines is 2. The van der Waals surface area contributed by atoms with Gasteiger partial charge in [-0.2, -0.15) is 0 Å². The van der Waals surface area contributed by atoms with Gasteiger partial charge >= 0.3 is 0 Å². The zero-order valence-corrected chi connectivity index (χ0v) is 13.0. The number of benzene rings is 1. The van der Waals surface area contributed by atoms with Gasteiger partial charge in [-0.15, -0.1) is 0 Å². The standard InChI is InChI=1S/C16H18ClN3O/c1-16(2,3)20-15(21)11-8-12(10-18-9-11)19-14-7-5-4-6-13(14)17/h4-10,19H,1-3H3,(H,20,21). The van der Waals surface area contributed by atoms with Crippen molar-refractivity contribution in [2.45, 2.75) is 26.3 Å². The lowest BCUT2D eigenvalue weighted by Gasteiger charge is -2.20. The Bertz CT molecular complexity index is 650. The second kappa shape index (κ2) is 6.14. The summed E-state index contributed by atoms with van der Waals surface area (Å²) in [6.07, 6.45) is 3.19. The zero-order chi connectivity index (χ0) is 15.5. The number of nitrogens with zero attached hydrogens (tertiary/aromatic N) is 1. The van der Waals surface area contributed by atoms with Crippen molar-refractivity contribution in [1.82, 2.24) is 10.3 Å². The first-order valence-corrected chi connectivity index (χ1v) is 7.02. The number of aromatic nitrogens is 1. The van der Waals surface area contributed by atoms with Crippen LogP contribution in [0.25, 0.3) is 0 Å². The summed E-state index contributed by atoms with van der Waals surface area (Å²) in [4.78, 5) is 16.2. The van der Waals surface area contributed by atoms with E-state index in [-0.39, 0.29) is 11.4 Å². The average Bonchev–Trinajstić information content (AvgIpc) is 2.40. The molecular weight excluding hydrogens is 286 g/mol. The van der Waals surface area contributed by atoms with Crippen LogP contribution in [-0.4, -0.2) is 16.4 Å². The molecule has 1 aromatic carbocycles. The van der Waals surface area contributed by atoms with Gasteiger partial charge in [0, 0.05) is 11.7 Å². The van der Waals surface area contributed by atoms with Crippen LogP contribution in [-0.2, 0) is 0 Å². The van der Waals surface area contributed by atoms with Crippen LogP contribution in [0, 0.1) is 0 Å². The van der Waals surface area contributed by atoms with Gasteiger partial charge in [-0.1, -0.05) is 23.7 Å². The summed E-state index contributed by atoms with van der Waals surface area (Å²) in [5, 5.41) is 6.67. The van der Waals surface area contributed by atoms with E-state index >= 15 is 0 Å². The van der Waals surface area contributed by atoms with Crippen molar-refractivity contribution in [2.75, 3.05) is 5.32 Å². The molecule has 0 aliphatic heterocycles. The van der Waals surface area contributed by atoms with Gasteiger partial charge in [-0.25, -0.2) is 0 Å². The van der Waals surface area contributed by atoms with Gasteiger partial charge in [0.2, 0.25) is 0 Å². The van der Waals surface area contributed by atoms with E-state index in [1.807, 2.05) is 39.0 Å². The maximum Gasteiger partial charge on any atom is 0.253 e. The molecule has 21 heavy (non-hydrogen) atoms. The number of nitrogens with one attached hydrogen (secondary N) is 2. The van der Waals surface area contributed by atoms with Crippen molar-refractivity contribution >= 4 is 28.9 Å². The van der Waals surface area contributed by atoms with Gasteiger partial charge in [-0.3, -0.25) is 9.78 Å². The molecule has 1 amide bonds. The first-order valence-electron chi connectivity index (χ1n) is 6.64. The normalized spacial score (nSPS) is 11.0. The highest BCUT2D eigenvalue weighted by Crippen LogP contribution is 2.24. The molecule has 0 aliphatic carbocycles. The highest BCUT2D eigenvalue weighted by Gasteiger charge is 2.15. The molecule has 0 fully saturated rings. The lowest BCUT2D eigenvalue weighted by molar-refractivity contribution is 0.0919. The minimum Gasteiger partial charge on any atom is -0.353 e. The molecule has 1 aromatic heterocycles. The molecule has 2 aromatic rings. The lowest BCUT2D eigenvalue weighted by atomic mass is 10.1. The quantitative estimate of drug-likeness (QED) is 0.901. The van der Waals surface area contributed by atoms with Crippen LogP contribution < -0.4 is 10.6 Å². The maximum absolute atomic E-state index is 12.1. The highest BCUT2D eigenvalue weighted by molar-refractivity contribution is 6.33. The molecule has 2 rings (SSSR count). The van der Waals surface area contributed by atoms with Crippen LogP contribution in [0.15, 0.2) is 42.7 Å². The van der Waals surface area contributed by atoms with Crippen molar-refractivity contribution in [3.8, 4) is 0 Å². The van der Waals surface area contributed by atoms with Gasteiger partial charge in [0.05, 0.1) is 28.2 Å². The van der Waals surface area contributed by atoms with Gasteiger partial charge in [0.25, 0.3) is 5.91 Å². The number of hydrogen-bond donors (Lipinski definition) is 2. The number of halogens is 1. The molecule has 4 nitrogen and oxygen atoms in total. The number of pyridine rings is 1. The van der Waals surface area contributed by atoms with E-state index in [1.165, 1.54) is 0 Å². The molecule has 0 unspecified atom stereocenters. The fraction of sp³-hybridized carbons (Fsp3) is 0.250. The third-order valence-electron chi connectivity index (χ3n) is 2.64. The van der Waals surface area contributed by atoms with E-state index in [1.54, 1.807) is 24.5 Å². The number of amides is 1. The van der Waals surface area contributed by atoms with Gasteiger partial charge < -0.3 is 10.6 Å². The van der Waals surface area contributed by atoms with Gasteiger partial charge in [0.15, 0.2) is 0 Å². The summed E-state index contributed by atoms with van der Waals surface area (Å²) in [6, 6.07) is 9.16. The number of hydrogen-bond acceptors (Lipinski definition) is 3. The Labute approximate surface area is 129 Å². The Morgan fingerprint density at radius 1 is 1.19 bits per heavy atom. The van der Waals surface area contributed by atoms with Crippen molar-refractivity contribution in [3.05, 3.63) is 53.3 Å². The van der Waals surface area contributed by atoms with E-state index in [0.29, 0.717) is 16.3 Å². The van der Waals surface area contributed by atoms with E-state index in [9.17, 15) is 4.79 Å². The smallest absolute Gasteiger partial charge is 0.253 e. The SMILES string of the molecule is CC(C)(C)NC(=O)c1cncc(Nc2ccccc2Cl)c1. The van der Waals surface area contributed by atoms with Crippen molar-refractivity contribution < 1.29 is 4.79 Å². The Morgan fingerprint density at radius 3 is 2.57 bits per heavy atom. The highest BCUT2D eigenvalue weighted by atomic mass is 35.5. The Morgan fingerprint density at radius 2 is 1.90 bits per heavy atom. The Hall–Kier alpha value is -2.07. The first kappa shape index (κ1) is 15.3. The number of carbonyl (C=O) groups is 1. The summed E-state index contributed by atoms with van der Waals surface area (Å²) < 4.78 is 0.